The minimum atomic E-state index is -0.512. The molecule has 5 heteroatoms. The van der Waals surface area contributed by atoms with E-state index in [9.17, 15) is 9.90 Å². The van der Waals surface area contributed by atoms with Gasteiger partial charge in [-0.15, -0.1) is 0 Å². The van der Waals surface area contributed by atoms with Crippen LogP contribution in [0.25, 0.3) is 0 Å². The van der Waals surface area contributed by atoms with E-state index >= 15 is 0 Å². The Hall–Kier alpha value is 0.485. The third-order valence-corrected chi connectivity index (χ3v) is 0.948. The molecule has 4 nitrogen and oxygen atoms in total. The zero-order valence-electron chi connectivity index (χ0n) is 5.87. The molecule has 1 aromatic heterocycles. The van der Waals surface area contributed by atoms with Crippen molar-refractivity contribution in [2.24, 2.45) is 7.05 Å². The Bertz CT molecular complexity index is 271. The van der Waals surface area contributed by atoms with Crippen LogP contribution >= 0.6 is 0 Å². The predicted molar refractivity (Wildman–Crippen MR) is 28.9 cm³/mol. The molecule has 0 aromatic carbocycles. The summed E-state index contributed by atoms with van der Waals surface area (Å²) in [5, 5.41) is 10.3. The summed E-state index contributed by atoms with van der Waals surface area (Å²) >= 11 is 0. The molecule has 10 heavy (non-hydrogen) atoms. The van der Waals surface area contributed by atoms with Crippen molar-refractivity contribution in [1.29, 1.82) is 0 Å². The van der Waals surface area contributed by atoms with E-state index in [0.717, 1.165) is 0 Å². The van der Waals surface area contributed by atoms with Gasteiger partial charge in [0.25, 0.3) is 0 Å². The Morgan fingerprint density at radius 1 is 1.70 bits per heavy atom. The fourth-order valence-corrected chi connectivity index (χ4v) is 0.450. The van der Waals surface area contributed by atoms with E-state index in [4.69, 9.17) is 0 Å². The van der Waals surface area contributed by atoms with Crippen LogP contribution in [0.5, 0.6) is 5.88 Å². The molecule has 0 bridgehead atoms. The van der Waals surface area contributed by atoms with Crippen LogP contribution in [0.1, 0.15) is 0 Å². The number of aromatic nitrogens is 2. The topological polar surface area (TPSA) is 57.9 Å². The number of nitrogens with zero attached hydrogens (tertiary/aromatic N) is 2. The summed E-state index contributed by atoms with van der Waals surface area (Å²) in [5.74, 6) is -0.488. The van der Waals surface area contributed by atoms with E-state index in [1.54, 1.807) is 0 Å². The van der Waals surface area contributed by atoms with E-state index in [2.05, 4.69) is 4.98 Å². The first-order valence-corrected chi connectivity index (χ1v) is 2.41. The van der Waals surface area contributed by atoms with Gasteiger partial charge in [0, 0.05) is 13.2 Å². The normalized spacial score (nSPS) is 8.50. The summed E-state index contributed by atoms with van der Waals surface area (Å²) in [5.41, 5.74) is -0.512. The monoisotopic (exact) mass is 210 g/mol. The van der Waals surface area contributed by atoms with Gasteiger partial charge in [-0.3, -0.25) is 0 Å². The quantitative estimate of drug-likeness (QED) is 0.437. The summed E-state index contributed by atoms with van der Waals surface area (Å²) < 4.78 is 1.24. The van der Waals surface area contributed by atoms with Crippen LogP contribution in [0.2, 0.25) is 0 Å². The molecule has 0 radical (unpaired) electrons. The molecular formula is C5H5N2O2Rb. The van der Waals surface area contributed by atoms with Crippen molar-refractivity contribution in [2.75, 3.05) is 0 Å². The molecule has 0 saturated carbocycles. The molecule has 0 N–H and O–H groups in total. The molecular weight excluding hydrogens is 206 g/mol. The number of rotatable bonds is 0. The summed E-state index contributed by atoms with van der Waals surface area (Å²) in [6, 6.07) is 1.24. The Morgan fingerprint density at radius 3 is 2.70 bits per heavy atom. The van der Waals surface area contributed by atoms with Crippen molar-refractivity contribution in [3.63, 3.8) is 0 Å². The van der Waals surface area contributed by atoms with Crippen LogP contribution in [0.3, 0.4) is 0 Å². The van der Waals surface area contributed by atoms with Crippen LogP contribution in [0.15, 0.2) is 17.1 Å². The second-order valence-electron chi connectivity index (χ2n) is 1.66. The maximum atomic E-state index is 10.5. The van der Waals surface area contributed by atoms with Crippen LogP contribution in [-0.4, -0.2) is 9.55 Å². The smallest absolute Gasteiger partial charge is 0.858 e. The van der Waals surface area contributed by atoms with Crippen molar-refractivity contribution in [2.45, 2.75) is 0 Å². The third kappa shape index (κ3) is 2.61. The molecule has 0 aliphatic rings. The molecule has 0 spiro atoms. The van der Waals surface area contributed by atoms with Gasteiger partial charge in [0.1, 0.15) is 0 Å². The zero-order chi connectivity index (χ0) is 6.85. The number of hydrogen-bond acceptors (Lipinski definition) is 3. The fourth-order valence-electron chi connectivity index (χ4n) is 0.450. The van der Waals surface area contributed by atoms with Crippen molar-refractivity contribution < 1.29 is 63.3 Å². The second kappa shape index (κ2) is 4.38. The fraction of sp³-hybridized carbons (Fsp3) is 0.200. The molecule has 0 fully saturated rings. The van der Waals surface area contributed by atoms with Gasteiger partial charge in [0.05, 0.1) is 0 Å². The van der Waals surface area contributed by atoms with Gasteiger partial charge >= 0.3 is 63.9 Å². The molecule has 0 amide bonds. The van der Waals surface area contributed by atoms with Gasteiger partial charge in [-0.25, -0.2) is 9.78 Å². The van der Waals surface area contributed by atoms with Crippen LogP contribution in [-0.2, 0) is 7.05 Å². The first-order valence-electron chi connectivity index (χ1n) is 2.41. The summed E-state index contributed by atoms with van der Waals surface area (Å²) in [6.07, 6.45) is 1.39. The maximum absolute atomic E-state index is 10.5. The molecule has 1 rings (SSSR count). The van der Waals surface area contributed by atoms with Crippen molar-refractivity contribution in [3.8, 4) is 5.88 Å². The van der Waals surface area contributed by atoms with Crippen molar-refractivity contribution in [1.82, 2.24) is 9.55 Å². The molecule has 0 atom stereocenters. The molecule has 0 unspecified atom stereocenters. The predicted octanol–water partition coefficient (Wildman–Crippen LogP) is -4.14. The van der Waals surface area contributed by atoms with Gasteiger partial charge in [0.2, 0.25) is 0 Å². The van der Waals surface area contributed by atoms with Gasteiger partial charge in [-0.05, 0) is 11.9 Å². The van der Waals surface area contributed by atoms with Gasteiger partial charge in [0.15, 0.2) is 0 Å². The van der Waals surface area contributed by atoms with Crippen LogP contribution < -0.4 is 69.0 Å². The Balaban J connectivity index is 0.000000810. The average molecular weight is 211 g/mol. The minimum absolute atomic E-state index is 0. The Kier molecular flexibility index (Phi) is 4.59. The molecule has 1 heterocycles. The first-order chi connectivity index (χ1) is 4.20. The van der Waals surface area contributed by atoms with E-state index < -0.39 is 11.6 Å². The molecule has 1 aromatic rings. The summed E-state index contributed by atoms with van der Waals surface area (Å²) in [4.78, 5) is 13.6. The minimum Gasteiger partial charge on any atom is -0.858 e. The standard InChI is InChI=1S/C5H6N2O2.Rb/c1-7-3-2-4(8)6-5(7)9;/h2-3H,1H3,(H,6,8,9);/q;+1/p-1. The Morgan fingerprint density at radius 2 is 2.30 bits per heavy atom. The third-order valence-electron chi connectivity index (χ3n) is 0.948. The number of hydrogen-bond donors (Lipinski definition) is 0. The van der Waals surface area contributed by atoms with Gasteiger partial charge < -0.3 is 9.67 Å². The number of aryl methyl sites for hydroxylation is 1. The van der Waals surface area contributed by atoms with E-state index in [1.165, 1.54) is 23.9 Å². The molecule has 0 aliphatic carbocycles. The molecule has 48 valence electrons. The second-order valence-corrected chi connectivity index (χ2v) is 1.66. The Labute approximate surface area is 107 Å². The van der Waals surface area contributed by atoms with Gasteiger partial charge in [-0.1, -0.05) is 0 Å². The summed E-state index contributed by atoms with van der Waals surface area (Å²) in [6.45, 7) is 0. The zero-order valence-corrected chi connectivity index (χ0v) is 10.8. The first kappa shape index (κ1) is 10.5. The largest absolute Gasteiger partial charge is 1.00 e. The van der Waals surface area contributed by atoms with Crippen LogP contribution in [0.4, 0.5) is 0 Å². The van der Waals surface area contributed by atoms with Crippen molar-refractivity contribution >= 4 is 0 Å². The van der Waals surface area contributed by atoms with Gasteiger partial charge in [-0.2, -0.15) is 0 Å². The van der Waals surface area contributed by atoms with E-state index in [-0.39, 0.29) is 58.2 Å². The van der Waals surface area contributed by atoms with E-state index in [0.29, 0.717) is 0 Å². The van der Waals surface area contributed by atoms with Crippen LogP contribution in [0, 0.1) is 0 Å². The average Bonchev–Trinajstić information content (AvgIpc) is 1.80. The van der Waals surface area contributed by atoms with E-state index in [1.807, 2.05) is 0 Å². The summed E-state index contributed by atoms with van der Waals surface area (Å²) in [7, 11) is 1.54. The molecule has 0 saturated heterocycles. The van der Waals surface area contributed by atoms with Crippen molar-refractivity contribution in [3.05, 3.63) is 22.7 Å². The SMILES string of the molecule is Cn1ccc([O-])nc1=O.[Rb+]. The molecule has 0 aliphatic heterocycles. The maximum Gasteiger partial charge on any atom is 1.00 e.